The van der Waals surface area contributed by atoms with E-state index in [1.165, 1.54) is 0 Å². The van der Waals surface area contributed by atoms with Crippen molar-refractivity contribution in [3.8, 4) is 28.6 Å². The molecule has 3 heterocycles. The Morgan fingerprint density at radius 1 is 1.11 bits per heavy atom. The second-order valence-electron chi connectivity index (χ2n) is 6.78. The van der Waals surface area contributed by atoms with Crippen LogP contribution in [0.25, 0.3) is 11.3 Å². The highest BCUT2D eigenvalue weighted by atomic mass is 16.7. The van der Waals surface area contributed by atoms with E-state index in [0.29, 0.717) is 28.5 Å². The molecule has 1 atom stereocenters. The third-order valence-electron chi connectivity index (χ3n) is 4.70. The molecule has 0 saturated heterocycles. The Morgan fingerprint density at radius 3 is 2.89 bits per heavy atom. The molecule has 142 valence electrons. The van der Waals surface area contributed by atoms with E-state index in [1.54, 1.807) is 24.3 Å². The molecule has 7 heteroatoms. The van der Waals surface area contributed by atoms with Crippen LogP contribution in [0.3, 0.4) is 0 Å². The number of fused-ring (bicyclic) bond motifs is 2. The fourth-order valence-electron chi connectivity index (χ4n) is 3.34. The number of rotatable bonds is 4. The van der Waals surface area contributed by atoms with Crippen molar-refractivity contribution in [2.75, 3.05) is 6.79 Å². The van der Waals surface area contributed by atoms with Crippen LogP contribution in [0.4, 0.5) is 0 Å². The Balaban J connectivity index is 1.26. The van der Waals surface area contributed by atoms with Gasteiger partial charge in [-0.15, -0.1) is 0 Å². The highest BCUT2D eigenvalue weighted by molar-refractivity contribution is 5.90. The SMILES string of the molecule is CC1Cc2cc(-c3cc(COC(=O)c4ccc5c(c4)OCO5)no3)ccc2O1. The highest BCUT2D eigenvalue weighted by Crippen LogP contribution is 2.34. The van der Waals surface area contributed by atoms with Gasteiger partial charge in [0.25, 0.3) is 0 Å². The number of ether oxygens (including phenoxy) is 4. The van der Waals surface area contributed by atoms with Crippen molar-refractivity contribution in [1.29, 1.82) is 0 Å². The lowest BCUT2D eigenvalue weighted by atomic mass is 10.1. The minimum atomic E-state index is -0.466. The first-order valence-corrected chi connectivity index (χ1v) is 8.98. The molecular formula is C21H17NO6. The summed E-state index contributed by atoms with van der Waals surface area (Å²) < 4.78 is 27.0. The van der Waals surface area contributed by atoms with Gasteiger partial charge in [-0.05, 0) is 48.9 Å². The first-order valence-electron chi connectivity index (χ1n) is 8.98. The van der Waals surface area contributed by atoms with Crippen LogP contribution >= 0.6 is 0 Å². The van der Waals surface area contributed by atoms with Crippen LogP contribution < -0.4 is 14.2 Å². The molecule has 2 aromatic carbocycles. The lowest BCUT2D eigenvalue weighted by Crippen LogP contribution is -2.05. The van der Waals surface area contributed by atoms with Gasteiger partial charge in [0.2, 0.25) is 6.79 Å². The minimum absolute atomic E-state index is 0.0157. The third-order valence-corrected chi connectivity index (χ3v) is 4.70. The summed E-state index contributed by atoms with van der Waals surface area (Å²) in [7, 11) is 0. The van der Waals surface area contributed by atoms with Crippen molar-refractivity contribution in [3.63, 3.8) is 0 Å². The molecule has 2 aliphatic heterocycles. The Labute approximate surface area is 160 Å². The maximum absolute atomic E-state index is 12.3. The number of hydrogen-bond donors (Lipinski definition) is 0. The number of benzene rings is 2. The van der Waals surface area contributed by atoms with Crippen LogP contribution in [0.1, 0.15) is 28.5 Å². The Hall–Kier alpha value is -3.48. The average Bonchev–Trinajstić information content (AvgIpc) is 3.43. The van der Waals surface area contributed by atoms with Crippen molar-refractivity contribution >= 4 is 5.97 Å². The molecule has 0 aliphatic carbocycles. The zero-order chi connectivity index (χ0) is 19.1. The van der Waals surface area contributed by atoms with E-state index in [4.69, 9.17) is 23.5 Å². The maximum Gasteiger partial charge on any atom is 0.338 e. The quantitative estimate of drug-likeness (QED) is 0.639. The predicted molar refractivity (Wildman–Crippen MR) is 97.4 cm³/mol. The zero-order valence-corrected chi connectivity index (χ0v) is 15.1. The van der Waals surface area contributed by atoms with Gasteiger partial charge in [-0.3, -0.25) is 0 Å². The van der Waals surface area contributed by atoms with Crippen molar-refractivity contribution < 1.29 is 28.3 Å². The summed E-state index contributed by atoms with van der Waals surface area (Å²) in [6, 6.07) is 12.6. The summed E-state index contributed by atoms with van der Waals surface area (Å²) in [5.41, 5.74) is 2.99. The average molecular weight is 379 g/mol. The number of esters is 1. The van der Waals surface area contributed by atoms with Crippen LogP contribution in [0, 0.1) is 0 Å². The normalized spacial score (nSPS) is 16.5. The molecule has 2 aliphatic rings. The molecule has 0 spiro atoms. The largest absolute Gasteiger partial charge is 0.490 e. The highest BCUT2D eigenvalue weighted by Gasteiger charge is 2.21. The van der Waals surface area contributed by atoms with Gasteiger partial charge in [0.1, 0.15) is 24.2 Å². The van der Waals surface area contributed by atoms with Gasteiger partial charge in [-0.2, -0.15) is 0 Å². The molecule has 28 heavy (non-hydrogen) atoms. The summed E-state index contributed by atoms with van der Waals surface area (Å²) in [6.07, 6.45) is 1.06. The predicted octanol–water partition coefficient (Wildman–Crippen LogP) is 3.75. The smallest absolute Gasteiger partial charge is 0.338 e. The summed E-state index contributed by atoms with van der Waals surface area (Å²) in [5, 5.41) is 4.00. The van der Waals surface area contributed by atoms with Gasteiger partial charge < -0.3 is 23.5 Å². The van der Waals surface area contributed by atoms with Crippen molar-refractivity contribution in [2.45, 2.75) is 26.1 Å². The molecule has 7 nitrogen and oxygen atoms in total. The Morgan fingerprint density at radius 2 is 1.96 bits per heavy atom. The maximum atomic E-state index is 12.3. The van der Waals surface area contributed by atoms with Gasteiger partial charge in [0.05, 0.1) is 5.56 Å². The van der Waals surface area contributed by atoms with E-state index in [1.807, 2.05) is 25.1 Å². The van der Waals surface area contributed by atoms with Gasteiger partial charge in [0.15, 0.2) is 17.3 Å². The van der Waals surface area contributed by atoms with Crippen molar-refractivity contribution in [2.24, 2.45) is 0 Å². The van der Waals surface area contributed by atoms with E-state index in [9.17, 15) is 4.79 Å². The summed E-state index contributed by atoms with van der Waals surface area (Å²) in [6.45, 7) is 2.21. The monoisotopic (exact) mass is 379 g/mol. The van der Waals surface area contributed by atoms with Gasteiger partial charge in [-0.25, -0.2) is 4.79 Å². The Bertz CT molecular complexity index is 1060. The van der Waals surface area contributed by atoms with E-state index < -0.39 is 5.97 Å². The van der Waals surface area contributed by atoms with Crippen molar-refractivity contribution in [3.05, 3.63) is 59.3 Å². The second kappa shape index (κ2) is 6.60. The summed E-state index contributed by atoms with van der Waals surface area (Å²) in [4.78, 5) is 12.3. The molecule has 0 amide bonds. The fourth-order valence-corrected chi connectivity index (χ4v) is 3.34. The number of aromatic nitrogens is 1. The molecular weight excluding hydrogens is 362 g/mol. The number of nitrogens with zero attached hydrogens (tertiary/aromatic N) is 1. The van der Waals surface area contributed by atoms with E-state index >= 15 is 0 Å². The van der Waals surface area contributed by atoms with Crippen LogP contribution in [-0.4, -0.2) is 24.0 Å². The summed E-state index contributed by atoms with van der Waals surface area (Å²) in [5.74, 6) is 2.22. The summed E-state index contributed by atoms with van der Waals surface area (Å²) >= 11 is 0. The van der Waals surface area contributed by atoms with E-state index in [0.717, 1.165) is 23.3 Å². The second-order valence-corrected chi connectivity index (χ2v) is 6.78. The topological polar surface area (TPSA) is 80.0 Å². The van der Waals surface area contributed by atoms with Crippen LogP contribution in [-0.2, 0) is 17.8 Å². The molecule has 0 fully saturated rings. The van der Waals surface area contributed by atoms with Crippen LogP contribution in [0.2, 0.25) is 0 Å². The van der Waals surface area contributed by atoms with Crippen LogP contribution in [0.15, 0.2) is 47.0 Å². The van der Waals surface area contributed by atoms with E-state index in [2.05, 4.69) is 5.16 Å². The molecule has 0 radical (unpaired) electrons. The van der Waals surface area contributed by atoms with E-state index in [-0.39, 0.29) is 19.5 Å². The molecule has 1 aromatic heterocycles. The zero-order valence-electron chi connectivity index (χ0n) is 15.1. The van der Waals surface area contributed by atoms with Gasteiger partial charge >= 0.3 is 5.97 Å². The molecule has 1 unspecified atom stereocenters. The standard InChI is InChI=1S/C21H17NO6/c1-12-6-15-7-13(2-4-17(15)27-12)19-9-16(22-28-19)10-24-21(23)14-3-5-18-20(8-14)26-11-25-18/h2-5,7-9,12H,6,10-11H2,1H3. The first kappa shape index (κ1) is 16.7. The minimum Gasteiger partial charge on any atom is -0.490 e. The molecule has 0 saturated carbocycles. The Kier molecular flexibility index (Phi) is 3.93. The fraction of sp³-hybridized carbons (Fsp3) is 0.238. The molecule has 5 rings (SSSR count). The number of carbonyl (C=O) groups is 1. The number of carbonyl (C=O) groups excluding carboxylic acids is 1. The molecule has 0 N–H and O–H groups in total. The van der Waals surface area contributed by atoms with Crippen molar-refractivity contribution in [1.82, 2.24) is 5.16 Å². The molecule has 0 bridgehead atoms. The van der Waals surface area contributed by atoms with Gasteiger partial charge in [0, 0.05) is 18.1 Å². The number of hydrogen-bond acceptors (Lipinski definition) is 7. The first-order chi connectivity index (χ1) is 13.7. The third kappa shape index (κ3) is 3.05. The lowest BCUT2D eigenvalue weighted by molar-refractivity contribution is 0.0464. The van der Waals surface area contributed by atoms with Crippen LogP contribution in [0.5, 0.6) is 17.2 Å². The lowest BCUT2D eigenvalue weighted by Gasteiger charge is -2.03. The van der Waals surface area contributed by atoms with Gasteiger partial charge in [-0.1, -0.05) is 5.16 Å². The molecule has 3 aromatic rings.